The van der Waals surface area contributed by atoms with Crippen LogP contribution in [0.15, 0.2) is 36.4 Å². The van der Waals surface area contributed by atoms with Crippen molar-refractivity contribution in [3.8, 4) is 0 Å². The number of hydrogen-bond acceptors (Lipinski definition) is 1. The summed E-state index contributed by atoms with van der Waals surface area (Å²) in [6.07, 6.45) is 44.2. The molecule has 0 spiro atoms. The average molecular weight is 643 g/mol. The molecule has 0 unspecified atom stereocenters. The van der Waals surface area contributed by atoms with E-state index in [-0.39, 0.29) is 6.03 Å². The first-order chi connectivity index (χ1) is 22.7. The number of rotatable bonds is 34. The summed E-state index contributed by atoms with van der Waals surface area (Å²) < 4.78 is 0. The fourth-order valence-electron chi connectivity index (χ4n) is 6.42. The molecule has 46 heavy (non-hydrogen) atoms. The van der Waals surface area contributed by atoms with Crippen LogP contribution in [0.1, 0.15) is 219 Å². The number of urea groups is 1. The summed E-state index contributed by atoms with van der Waals surface area (Å²) in [7, 11) is 0. The van der Waals surface area contributed by atoms with Gasteiger partial charge in [-0.2, -0.15) is 0 Å². The summed E-state index contributed by atoms with van der Waals surface area (Å²) in [5.41, 5.74) is 5.66. The molecule has 2 amide bonds. The lowest BCUT2D eigenvalue weighted by Gasteiger charge is -2.20. The van der Waals surface area contributed by atoms with Gasteiger partial charge in [-0.15, -0.1) is 0 Å². The van der Waals surface area contributed by atoms with Gasteiger partial charge in [0.25, 0.3) is 0 Å². The molecule has 0 saturated heterocycles. The second kappa shape index (κ2) is 39.7. The first-order valence-corrected chi connectivity index (χ1v) is 20.8. The average Bonchev–Trinajstić information content (AvgIpc) is 3.07. The smallest absolute Gasteiger partial charge is 0.314 e. The molecule has 0 bridgehead atoms. The van der Waals surface area contributed by atoms with Gasteiger partial charge in [0.05, 0.1) is 0 Å². The fraction of sp³-hybridized carbons (Fsp3) is 0.837. The van der Waals surface area contributed by atoms with Crippen molar-refractivity contribution in [3.63, 3.8) is 0 Å². The molecule has 1 aromatic rings. The Labute approximate surface area is 289 Å². The Balaban J connectivity index is 0.00000299. The summed E-state index contributed by atoms with van der Waals surface area (Å²) in [5, 5.41) is 0. The van der Waals surface area contributed by atoms with E-state index in [0.29, 0.717) is 0 Å². The van der Waals surface area contributed by atoms with Gasteiger partial charge in [-0.25, -0.2) is 4.79 Å². The van der Waals surface area contributed by atoms with E-state index < -0.39 is 0 Å². The Morgan fingerprint density at radius 1 is 0.348 bits per heavy atom. The third kappa shape index (κ3) is 37.0. The maximum atomic E-state index is 11.8. The van der Waals surface area contributed by atoms with E-state index in [1.807, 2.05) is 41.3 Å². The first kappa shape index (κ1) is 44.5. The molecule has 0 saturated carbocycles. The minimum absolute atomic E-state index is 0.220. The molecular weight excluding hydrogens is 560 g/mol. The lowest BCUT2D eigenvalue weighted by molar-refractivity contribution is 0.204. The molecule has 270 valence electrons. The Hall–Kier alpha value is -1.51. The van der Waals surface area contributed by atoms with Crippen LogP contribution in [-0.4, -0.2) is 24.0 Å². The molecule has 2 N–H and O–H groups in total. The van der Waals surface area contributed by atoms with Crippen molar-refractivity contribution < 1.29 is 4.79 Å². The molecule has 0 aromatic heterocycles. The molecule has 0 aliphatic heterocycles. The number of hydrogen-bond donors (Lipinski definition) is 1. The van der Waals surface area contributed by atoms with E-state index in [1.165, 1.54) is 193 Å². The normalized spacial score (nSPS) is 10.9. The highest BCUT2D eigenvalue weighted by atomic mass is 16.2. The zero-order valence-corrected chi connectivity index (χ0v) is 31.4. The van der Waals surface area contributed by atoms with E-state index >= 15 is 0 Å². The topological polar surface area (TPSA) is 46.3 Å². The number of carbonyl (C=O) groups excluding carboxylic acids is 1. The third-order valence-electron chi connectivity index (χ3n) is 9.54. The van der Waals surface area contributed by atoms with E-state index in [9.17, 15) is 4.79 Å². The standard InChI is InChI=1S/C37H76N2O.C6H6/c1-3-5-7-9-11-13-15-17-19-21-23-25-27-29-31-33-35-39(37(38)40)36-34-32-30-28-26-24-22-20-18-16-14-12-10-8-6-4-2;1-2-4-6-5-3-1/h3-36H2,1-2H3,(H2,38,40);1-6H. The zero-order valence-electron chi connectivity index (χ0n) is 31.4. The number of unbranched alkanes of at least 4 members (excludes halogenated alkanes) is 30. The number of carbonyl (C=O) groups is 1. The van der Waals surface area contributed by atoms with E-state index in [2.05, 4.69) is 13.8 Å². The second-order valence-corrected chi connectivity index (χ2v) is 14.1. The molecule has 3 heteroatoms. The van der Waals surface area contributed by atoms with E-state index in [4.69, 9.17) is 5.73 Å². The molecular formula is C43H82N2O. The van der Waals surface area contributed by atoms with Gasteiger partial charge in [-0.3, -0.25) is 0 Å². The number of benzene rings is 1. The summed E-state index contributed by atoms with van der Waals surface area (Å²) >= 11 is 0. The Bertz CT molecular complexity index is 616. The fourth-order valence-corrected chi connectivity index (χ4v) is 6.42. The predicted octanol–water partition coefficient (Wildman–Crippen LogP) is 14.6. The van der Waals surface area contributed by atoms with Crippen LogP contribution in [0, 0.1) is 0 Å². The van der Waals surface area contributed by atoms with Crippen LogP contribution in [0.2, 0.25) is 0 Å². The largest absolute Gasteiger partial charge is 0.351 e. The monoisotopic (exact) mass is 643 g/mol. The molecule has 0 radical (unpaired) electrons. The zero-order chi connectivity index (χ0) is 33.4. The Morgan fingerprint density at radius 3 is 0.696 bits per heavy atom. The summed E-state index contributed by atoms with van der Waals surface area (Å²) in [4.78, 5) is 13.7. The quantitative estimate of drug-likeness (QED) is 0.0747. The third-order valence-corrected chi connectivity index (χ3v) is 9.54. The Morgan fingerprint density at radius 2 is 0.522 bits per heavy atom. The maximum absolute atomic E-state index is 11.8. The number of primary amides is 1. The number of amides is 2. The van der Waals surface area contributed by atoms with Crippen LogP contribution in [0.4, 0.5) is 4.79 Å². The number of nitrogens with two attached hydrogens (primary N) is 1. The van der Waals surface area contributed by atoms with Crippen LogP contribution in [0.5, 0.6) is 0 Å². The number of nitrogens with zero attached hydrogens (tertiary/aromatic N) is 1. The van der Waals surface area contributed by atoms with E-state index in [1.54, 1.807) is 0 Å². The summed E-state index contributed by atoms with van der Waals surface area (Å²) in [6.45, 7) is 6.29. The van der Waals surface area contributed by atoms with Crippen molar-refractivity contribution in [3.05, 3.63) is 36.4 Å². The summed E-state index contributed by atoms with van der Waals surface area (Å²) in [5.74, 6) is 0. The van der Waals surface area contributed by atoms with Crippen LogP contribution >= 0.6 is 0 Å². The minimum Gasteiger partial charge on any atom is -0.351 e. The SMILES string of the molecule is CCCCCCCCCCCCCCCCCCN(CCCCCCCCCCCCCCCCCC)C(N)=O.c1ccccc1. The molecule has 0 aliphatic rings. The Kier molecular flexibility index (Phi) is 38.4. The molecule has 0 fully saturated rings. The van der Waals surface area contributed by atoms with E-state index in [0.717, 1.165) is 25.9 Å². The lowest BCUT2D eigenvalue weighted by Crippen LogP contribution is -2.37. The van der Waals surface area contributed by atoms with Crippen molar-refractivity contribution in [1.82, 2.24) is 4.90 Å². The van der Waals surface area contributed by atoms with Crippen molar-refractivity contribution >= 4 is 6.03 Å². The highest BCUT2D eigenvalue weighted by molar-refractivity contribution is 5.71. The maximum Gasteiger partial charge on any atom is 0.314 e. The molecule has 1 rings (SSSR count). The van der Waals surface area contributed by atoms with Gasteiger partial charge in [-0.1, -0.05) is 243 Å². The van der Waals surface area contributed by atoms with Gasteiger partial charge in [0, 0.05) is 13.1 Å². The van der Waals surface area contributed by atoms with Crippen LogP contribution in [0.3, 0.4) is 0 Å². The van der Waals surface area contributed by atoms with Crippen LogP contribution in [0.25, 0.3) is 0 Å². The van der Waals surface area contributed by atoms with Gasteiger partial charge in [0.1, 0.15) is 0 Å². The minimum atomic E-state index is -0.220. The molecule has 3 nitrogen and oxygen atoms in total. The van der Waals surface area contributed by atoms with Crippen molar-refractivity contribution in [1.29, 1.82) is 0 Å². The van der Waals surface area contributed by atoms with Crippen molar-refractivity contribution in [2.75, 3.05) is 13.1 Å². The molecule has 0 aliphatic carbocycles. The molecule has 0 heterocycles. The van der Waals surface area contributed by atoms with Gasteiger partial charge < -0.3 is 10.6 Å². The van der Waals surface area contributed by atoms with Crippen molar-refractivity contribution in [2.24, 2.45) is 5.73 Å². The van der Waals surface area contributed by atoms with Crippen LogP contribution in [-0.2, 0) is 0 Å². The summed E-state index contributed by atoms with van der Waals surface area (Å²) in [6, 6.07) is 11.8. The molecule has 1 aromatic carbocycles. The van der Waals surface area contributed by atoms with Gasteiger partial charge in [0.2, 0.25) is 0 Å². The highest BCUT2D eigenvalue weighted by Crippen LogP contribution is 2.15. The highest BCUT2D eigenvalue weighted by Gasteiger charge is 2.08. The van der Waals surface area contributed by atoms with Gasteiger partial charge >= 0.3 is 6.03 Å². The second-order valence-electron chi connectivity index (χ2n) is 14.1. The predicted molar refractivity (Wildman–Crippen MR) is 207 cm³/mol. The molecule has 0 atom stereocenters. The lowest BCUT2D eigenvalue weighted by atomic mass is 10.0. The van der Waals surface area contributed by atoms with Crippen molar-refractivity contribution in [2.45, 2.75) is 219 Å². The first-order valence-electron chi connectivity index (χ1n) is 20.8. The van der Waals surface area contributed by atoms with Gasteiger partial charge in [0.15, 0.2) is 0 Å². The van der Waals surface area contributed by atoms with Gasteiger partial charge in [-0.05, 0) is 12.8 Å². The van der Waals surface area contributed by atoms with Crippen LogP contribution < -0.4 is 5.73 Å².